The van der Waals surface area contributed by atoms with Crippen LogP contribution >= 0.6 is 0 Å². The predicted octanol–water partition coefficient (Wildman–Crippen LogP) is 1.67. The van der Waals surface area contributed by atoms with Crippen molar-refractivity contribution in [3.63, 3.8) is 0 Å². The van der Waals surface area contributed by atoms with Gasteiger partial charge in [-0.1, -0.05) is 6.07 Å². The van der Waals surface area contributed by atoms with Crippen molar-refractivity contribution >= 4 is 11.9 Å². The summed E-state index contributed by atoms with van der Waals surface area (Å²) in [5, 5.41) is 0. The van der Waals surface area contributed by atoms with Crippen molar-refractivity contribution < 1.29 is 4.79 Å². The molecule has 0 aromatic carbocycles. The van der Waals surface area contributed by atoms with E-state index in [1.807, 2.05) is 19.9 Å². The topological polar surface area (TPSA) is 42.3 Å². The summed E-state index contributed by atoms with van der Waals surface area (Å²) in [4.78, 5) is 17.2. The van der Waals surface area contributed by atoms with Gasteiger partial charge in [0.25, 0.3) is 0 Å². The van der Waals surface area contributed by atoms with Crippen LogP contribution in [0.2, 0.25) is 0 Å². The van der Waals surface area contributed by atoms with Gasteiger partial charge >= 0.3 is 0 Å². The number of hydrogen-bond acceptors (Lipinski definition) is 3. The van der Waals surface area contributed by atoms with E-state index < -0.39 is 0 Å². The number of aliphatic imine (C=N–C) groups is 1. The van der Waals surface area contributed by atoms with Crippen LogP contribution in [-0.4, -0.2) is 11.1 Å². The van der Waals surface area contributed by atoms with E-state index >= 15 is 0 Å². The van der Waals surface area contributed by atoms with Crippen LogP contribution in [0.3, 0.4) is 0 Å². The predicted molar refractivity (Wildman–Crippen MR) is 41.5 cm³/mol. The third-order valence-corrected chi connectivity index (χ3v) is 1.34. The fraction of sp³-hybridized carbons (Fsp3) is 0.250. The summed E-state index contributed by atoms with van der Waals surface area (Å²) in [5.74, 6) is 0.450. The molecule has 0 fully saturated rings. The second-order valence-corrected chi connectivity index (χ2v) is 2.36. The maximum Gasteiger partial charge on any atom is 0.242 e. The minimum Gasteiger partial charge on any atom is -0.236 e. The highest BCUT2D eigenvalue weighted by atomic mass is 16.1. The number of aryl methyl sites for hydroxylation is 2. The van der Waals surface area contributed by atoms with Crippen LogP contribution in [0.25, 0.3) is 0 Å². The summed E-state index contributed by atoms with van der Waals surface area (Å²) >= 11 is 0. The van der Waals surface area contributed by atoms with Crippen LogP contribution in [0.4, 0.5) is 5.82 Å². The second-order valence-electron chi connectivity index (χ2n) is 2.36. The van der Waals surface area contributed by atoms with Gasteiger partial charge in [-0.05, 0) is 25.0 Å². The highest BCUT2D eigenvalue weighted by molar-refractivity contribution is 5.48. The van der Waals surface area contributed by atoms with E-state index in [2.05, 4.69) is 9.98 Å². The molecule has 1 rings (SSSR count). The first kappa shape index (κ1) is 7.63. The maximum atomic E-state index is 9.88. The Bertz CT molecular complexity index is 314. The molecule has 0 spiro atoms. The molecule has 0 radical (unpaired) electrons. The Hall–Kier alpha value is -1.47. The lowest BCUT2D eigenvalue weighted by Gasteiger charge is -1.96. The molecular weight excluding hydrogens is 140 g/mol. The molecule has 0 bridgehead atoms. The Balaban J connectivity index is 3.19. The summed E-state index contributed by atoms with van der Waals surface area (Å²) in [7, 11) is 0. The molecule has 1 aromatic rings. The van der Waals surface area contributed by atoms with E-state index in [0.717, 1.165) is 11.1 Å². The van der Waals surface area contributed by atoms with Crippen LogP contribution in [0.5, 0.6) is 0 Å². The second kappa shape index (κ2) is 3.08. The van der Waals surface area contributed by atoms with Crippen LogP contribution < -0.4 is 0 Å². The van der Waals surface area contributed by atoms with Crippen LogP contribution in [-0.2, 0) is 4.79 Å². The zero-order valence-electron chi connectivity index (χ0n) is 6.46. The summed E-state index contributed by atoms with van der Waals surface area (Å²) in [6, 6.07) is 1.92. The quantitative estimate of drug-likeness (QED) is 0.449. The summed E-state index contributed by atoms with van der Waals surface area (Å²) < 4.78 is 0. The first-order valence-electron chi connectivity index (χ1n) is 3.25. The third-order valence-electron chi connectivity index (χ3n) is 1.34. The number of hydrogen-bond donors (Lipinski definition) is 0. The molecule has 1 heterocycles. The average molecular weight is 148 g/mol. The van der Waals surface area contributed by atoms with E-state index in [9.17, 15) is 4.79 Å². The summed E-state index contributed by atoms with van der Waals surface area (Å²) in [6.07, 6.45) is 3.13. The maximum absolute atomic E-state index is 9.88. The van der Waals surface area contributed by atoms with Gasteiger partial charge < -0.3 is 0 Å². The zero-order valence-corrected chi connectivity index (χ0v) is 6.46. The smallest absolute Gasteiger partial charge is 0.236 e. The standard InChI is InChI=1S/C8H8N2O/c1-6-3-7(2)8(9-4-6)10-5-11/h3-4H,1-2H3. The molecule has 0 N–H and O–H groups in total. The van der Waals surface area contributed by atoms with Crippen molar-refractivity contribution in [1.82, 2.24) is 4.98 Å². The van der Waals surface area contributed by atoms with E-state index in [1.165, 1.54) is 6.08 Å². The van der Waals surface area contributed by atoms with Gasteiger partial charge in [0, 0.05) is 6.20 Å². The lowest BCUT2D eigenvalue weighted by Crippen LogP contribution is -1.81. The molecule has 0 saturated carbocycles. The normalized spacial score (nSPS) is 8.91. The van der Waals surface area contributed by atoms with Gasteiger partial charge in [-0.15, -0.1) is 4.99 Å². The van der Waals surface area contributed by atoms with Gasteiger partial charge in [0.05, 0.1) is 0 Å². The molecule has 11 heavy (non-hydrogen) atoms. The van der Waals surface area contributed by atoms with Gasteiger partial charge in [-0.3, -0.25) is 0 Å². The largest absolute Gasteiger partial charge is 0.242 e. The van der Waals surface area contributed by atoms with Crippen molar-refractivity contribution in [3.8, 4) is 0 Å². The van der Waals surface area contributed by atoms with Crippen molar-refractivity contribution in [1.29, 1.82) is 0 Å². The van der Waals surface area contributed by atoms with E-state index in [0.29, 0.717) is 5.82 Å². The average Bonchev–Trinajstić information content (AvgIpc) is 1.95. The molecule has 0 aliphatic rings. The minimum absolute atomic E-state index is 0.450. The fourth-order valence-electron chi connectivity index (χ4n) is 0.868. The van der Waals surface area contributed by atoms with E-state index in [4.69, 9.17) is 0 Å². The molecule has 0 aliphatic carbocycles. The molecular formula is C8H8N2O. The van der Waals surface area contributed by atoms with Crippen molar-refractivity contribution in [2.75, 3.05) is 0 Å². The molecule has 3 nitrogen and oxygen atoms in total. The Morgan fingerprint density at radius 2 is 2.27 bits per heavy atom. The number of rotatable bonds is 1. The molecule has 0 saturated heterocycles. The zero-order chi connectivity index (χ0) is 8.27. The van der Waals surface area contributed by atoms with Gasteiger partial charge in [0.15, 0.2) is 5.82 Å². The summed E-state index contributed by atoms with van der Waals surface area (Å²) in [6.45, 7) is 3.80. The molecule has 56 valence electrons. The Labute approximate surface area is 64.8 Å². The lowest BCUT2D eigenvalue weighted by molar-refractivity contribution is 0.565. The van der Waals surface area contributed by atoms with Gasteiger partial charge in [-0.25, -0.2) is 9.78 Å². The summed E-state index contributed by atoms with van der Waals surface area (Å²) in [5.41, 5.74) is 1.96. The van der Waals surface area contributed by atoms with Crippen LogP contribution in [0.1, 0.15) is 11.1 Å². The number of isocyanates is 1. The van der Waals surface area contributed by atoms with Gasteiger partial charge in [-0.2, -0.15) is 0 Å². The van der Waals surface area contributed by atoms with Crippen molar-refractivity contribution in [3.05, 3.63) is 23.4 Å². The molecule has 0 atom stereocenters. The number of aromatic nitrogens is 1. The van der Waals surface area contributed by atoms with E-state index in [1.54, 1.807) is 6.20 Å². The number of nitrogens with zero attached hydrogens (tertiary/aromatic N) is 2. The number of carbonyl (C=O) groups excluding carboxylic acids is 1. The Morgan fingerprint density at radius 3 is 2.82 bits per heavy atom. The highest BCUT2D eigenvalue weighted by Gasteiger charge is 1.95. The van der Waals surface area contributed by atoms with Gasteiger partial charge in [0.2, 0.25) is 6.08 Å². The van der Waals surface area contributed by atoms with Gasteiger partial charge in [0.1, 0.15) is 0 Å². The van der Waals surface area contributed by atoms with E-state index in [-0.39, 0.29) is 0 Å². The molecule has 0 aliphatic heterocycles. The lowest BCUT2D eigenvalue weighted by atomic mass is 10.2. The molecule has 0 amide bonds. The molecule has 0 unspecified atom stereocenters. The first-order chi connectivity index (χ1) is 5.24. The first-order valence-corrected chi connectivity index (χ1v) is 3.25. The fourth-order valence-corrected chi connectivity index (χ4v) is 0.868. The van der Waals surface area contributed by atoms with Crippen molar-refractivity contribution in [2.45, 2.75) is 13.8 Å². The molecule has 1 aromatic heterocycles. The van der Waals surface area contributed by atoms with Crippen molar-refractivity contribution in [2.24, 2.45) is 4.99 Å². The number of pyridine rings is 1. The highest BCUT2D eigenvalue weighted by Crippen LogP contribution is 2.14. The Kier molecular flexibility index (Phi) is 2.14. The minimum atomic E-state index is 0.450. The monoisotopic (exact) mass is 148 g/mol. The molecule has 3 heteroatoms. The van der Waals surface area contributed by atoms with Crippen LogP contribution in [0.15, 0.2) is 17.3 Å². The Morgan fingerprint density at radius 1 is 1.55 bits per heavy atom. The SMILES string of the molecule is Cc1cnc(N=C=O)c(C)c1. The van der Waals surface area contributed by atoms with Crippen LogP contribution in [0, 0.1) is 13.8 Å². The third kappa shape index (κ3) is 1.72.